The second kappa shape index (κ2) is 6.06. The van der Waals surface area contributed by atoms with Crippen LogP contribution in [-0.2, 0) is 13.6 Å². The normalized spacial score (nSPS) is 24.1. The molecule has 0 amide bonds. The number of hydrogen-bond donors (Lipinski definition) is 1. The van der Waals surface area contributed by atoms with Gasteiger partial charge in [-0.1, -0.05) is 6.92 Å². The predicted octanol–water partition coefficient (Wildman–Crippen LogP) is 2.13. The van der Waals surface area contributed by atoms with Gasteiger partial charge in [-0.05, 0) is 46.1 Å². The maximum absolute atomic E-state index is 6.01. The Labute approximate surface area is 117 Å². The first-order chi connectivity index (χ1) is 9.02. The van der Waals surface area contributed by atoms with Crippen LogP contribution in [0, 0.1) is 13.8 Å². The maximum Gasteiger partial charge on any atom is 0.0641 e. The SMILES string of the molecule is CCN(Cc1c(C)nn(C)c1C)C1CCC(N)CC1. The van der Waals surface area contributed by atoms with E-state index in [1.165, 1.54) is 42.6 Å². The van der Waals surface area contributed by atoms with E-state index in [4.69, 9.17) is 5.73 Å². The largest absolute Gasteiger partial charge is 0.328 e. The molecule has 1 fully saturated rings. The number of aromatic nitrogens is 2. The van der Waals surface area contributed by atoms with Crippen LogP contribution in [0.4, 0.5) is 0 Å². The van der Waals surface area contributed by atoms with E-state index in [1.54, 1.807) is 0 Å². The monoisotopic (exact) mass is 264 g/mol. The van der Waals surface area contributed by atoms with E-state index in [0.717, 1.165) is 13.1 Å². The molecule has 4 nitrogen and oxygen atoms in total. The smallest absolute Gasteiger partial charge is 0.0641 e. The molecule has 0 aliphatic heterocycles. The summed E-state index contributed by atoms with van der Waals surface area (Å²) in [6, 6.07) is 1.13. The molecular weight excluding hydrogens is 236 g/mol. The summed E-state index contributed by atoms with van der Waals surface area (Å²) in [5.41, 5.74) is 9.88. The zero-order chi connectivity index (χ0) is 14.0. The number of nitrogens with two attached hydrogens (primary N) is 1. The molecule has 1 saturated carbocycles. The van der Waals surface area contributed by atoms with E-state index in [2.05, 4.69) is 30.8 Å². The molecular formula is C15H28N4. The van der Waals surface area contributed by atoms with Gasteiger partial charge in [-0.3, -0.25) is 9.58 Å². The van der Waals surface area contributed by atoms with Gasteiger partial charge in [0.25, 0.3) is 0 Å². The lowest BCUT2D eigenvalue weighted by molar-refractivity contribution is 0.149. The van der Waals surface area contributed by atoms with Crippen LogP contribution in [0.25, 0.3) is 0 Å². The molecule has 0 atom stereocenters. The van der Waals surface area contributed by atoms with E-state index in [-0.39, 0.29) is 0 Å². The Morgan fingerprint density at radius 1 is 1.26 bits per heavy atom. The van der Waals surface area contributed by atoms with Crippen molar-refractivity contribution in [1.82, 2.24) is 14.7 Å². The molecule has 0 saturated heterocycles. The summed E-state index contributed by atoms with van der Waals surface area (Å²) in [4.78, 5) is 2.60. The maximum atomic E-state index is 6.01. The van der Waals surface area contributed by atoms with Crippen LogP contribution in [0.3, 0.4) is 0 Å². The summed E-state index contributed by atoms with van der Waals surface area (Å²) >= 11 is 0. The highest BCUT2D eigenvalue weighted by atomic mass is 15.3. The Bertz CT molecular complexity index is 416. The molecule has 19 heavy (non-hydrogen) atoms. The standard InChI is InChI=1S/C15H28N4/c1-5-19(14-8-6-13(16)7-9-14)10-15-11(2)17-18(4)12(15)3/h13-14H,5-10,16H2,1-4H3. The minimum absolute atomic E-state index is 0.428. The first kappa shape index (κ1) is 14.5. The second-order valence-electron chi connectivity index (χ2n) is 5.90. The Balaban J connectivity index is 2.06. The van der Waals surface area contributed by atoms with Crippen LogP contribution >= 0.6 is 0 Å². The average molecular weight is 264 g/mol. The molecule has 108 valence electrons. The molecule has 0 aromatic carbocycles. The number of nitrogens with zero attached hydrogens (tertiary/aromatic N) is 3. The van der Waals surface area contributed by atoms with Crippen molar-refractivity contribution in [1.29, 1.82) is 0 Å². The Kier molecular flexibility index (Phi) is 4.63. The van der Waals surface area contributed by atoms with Gasteiger partial charge in [0.1, 0.15) is 0 Å². The zero-order valence-corrected chi connectivity index (χ0v) is 12.8. The highest BCUT2D eigenvalue weighted by molar-refractivity contribution is 5.24. The van der Waals surface area contributed by atoms with Crippen LogP contribution in [0.1, 0.15) is 49.6 Å². The summed E-state index contributed by atoms with van der Waals surface area (Å²) < 4.78 is 2.00. The van der Waals surface area contributed by atoms with Gasteiger partial charge < -0.3 is 5.73 Å². The summed E-state index contributed by atoms with van der Waals surface area (Å²) in [5, 5.41) is 4.53. The van der Waals surface area contributed by atoms with Gasteiger partial charge in [-0.15, -0.1) is 0 Å². The van der Waals surface area contributed by atoms with Crippen LogP contribution in [0.15, 0.2) is 0 Å². The predicted molar refractivity (Wildman–Crippen MR) is 79.0 cm³/mol. The Morgan fingerprint density at radius 3 is 2.37 bits per heavy atom. The molecule has 4 heteroatoms. The third-order valence-electron chi connectivity index (χ3n) is 4.68. The quantitative estimate of drug-likeness (QED) is 0.906. The first-order valence-corrected chi connectivity index (χ1v) is 7.51. The van der Waals surface area contributed by atoms with Crippen LogP contribution in [0.5, 0.6) is 0 Å². The van der Waals surface area contributed by atoms with Crippen LogP contribution in [-0.4, -0.2) is 33.3 Å². The van der Waals surface area contributed by atoms with Gasteiger partial charge in [0.2, 0.25) is 0 Å². The highest BCUT2D eigenvalue weighted by Crippen LogP contribution is 2.25. The second-order valence-corrected chi connectivity index (χ2v) is 5.90. The lowest BCUT2D eigenvalue weighted by Gasteiger charge is -2.35. The molecule has 1 aromatic heterocycles. The third kappa shape index (κ3) is 3.18. The molecule has 2 N–H and O–H groups in total. The van der Waals surface area contributed by atoms with E-state index < -0.39 is 0 Å². The van der Waals surface area contributed by atoms with Crippen molar-refractivity contribution in [3.63, 3.8) is 0 Å². The summed E-state index contributed by atoms with van der Waals surface area (Å²) in [7, 11) is 2.03. The van der Waals surface area contributed by atoms with Crippen molar-refractivity contribution >= 4 is 0 Å². The van der Waals surface area contributed by atoms with Gasteiger partial charge in [0.15, 0.2) is 0 Å². The molecule has 1 aliphatic rings. The lowest BCUT2D eigenvalue weighted by Crippen LogP contribution is -2.40. The van der Waals surface area contributed by atoms with Crippen molar-refractivity contribution in [3.8, 4) is 0 Å². The van der Waals surface area contributed by atoms with Gasteiger partial charge in [-0.2, -0.15) is 5.10 Å². The van der Waals surface area contributed by atoms with Crippen molar-refractivity contribution in [2.75, 3.05) is 6.54 Å². The number of hydrogen-bond acceptors (Lipinski definition) is 3. The zero-order valence-electron chi connectivity index (χ0n) is 12.8. The van der Waals surface area contributed by atoms with E-state index in [0.29, 0.717) is 12.1 Å². The summed E-state index contributed by atoms with van der Waals surface area (Å²) in [6.45, 7) is 8.68. The minimum Gasteiger partial charge on any atom is -0.328 e. The van der Waals surface area contributed by atoms with Gasteiger partial charge in [-0.25, -0.2) is 0 Å². The van der Waals surface area contributed by atoms with Crippen molar-refractivity contribution < 1.29 is 0 Å². The molecule has 0 bridgehead atoms. The average Bonchev–Trinajstić information content (AvgIpc) is 2.63. The van der Waals surface area contributed by atoms with Gasteiger partial charge in [0, 0.05) is 36.9 Å². The van der Waals surface area contributed by atoms with E-state index in [1.807, 2.05) is 11.7 Å². The molecule has 0 radical (unpaired) electrons. The van der Waals surface area contributed by atoms with Gasteiger partial charge in [0.05, 0.1) is 5.69 Å². The molecule has 1 aromatic rings. The van der Waals surface area contributed by atoms with Crippen LogP contribution < -0.4 is 5.73 Å². The molecule has 0 spiro atoms. The summed E-state index contributed by atoms with van der Waals surface area (Å²) in [6.07, 6.45) is 4.83. The number of aryl methyl sites for hydroxylation is 2. The topological polar surface area (TPSA) is 47.1 Å². The van der Waals surface area contributed by atoms with Gasteiger partial charge >= 0.3 is 0 Å². The van der Waals surface area contributed by atoms with Crippen molar-refractivity contribution in [3.05, 3.63) is 17.0 Å². The summed E-state index contributed by atoms with van der Waals surface area (Å²) in [5.74, 6) is 0. The fourth-order valence-corrected chi connectivity index (χ4v) is 3.22. The molecule has 1 aliphatic carbocycles. The molecule has 2 rings (SSSR count). The highest BCUT2D eigenvalue weighted by Gasteiger charge is 2.24. The molecule has 0 unspecified atom stereocenters. The van der Waals surface area contributed by atoms with E-state index >= 15 is 0 Å². The Hall–Kier alpha value is -0.870. The lowest BCUT2D eigenvalue weighted by atomic mass is 9.90. The fraction of sp³-hybridized carbons (Fsp3) is 0.800. The van der Waals surface area contributed by atoms with Crippen molar-refractivity contribution in [2.45, 2.75) is 65.1 Å². The Morgan fingerprint density at radius 2 is 1.89 bits per heavy atom. The first-order valence-electron chi connectivity index (χ1n) is 7.51. The minimum atomic E-state index is 0.428. The fourth-order valence-electron chi connectivity index (χ4n) is 3.22. The number of rotatable bonds is 4. The van der Waals surface area contributed by atoms with Crippen molar-refractivity contribution in [2.24, 2.45) is 12.8 Å². The third-order valence-corrected chi connectivity index (χ3v) is 4.68. The van der Waals surface area contributed by atoms with E-state index in [9.17, 15) is 0 Å². The van der Waals surface area contributed by atoms with Crippen LogP contribution in [0.2, 0.25) is 0 Å². The molecule has 1 heterocycles.